The van der Waals surface area contributed by atoms with Crippen LogP contribution in [0, 0.1) is 0 Å². The van der Waals surface area contributed by atoms with Crippen molar-refractivity contribution >= 4 is 11.0 Å². The van der Waals surface area contributed by atoms with Crippen LogP contribution in [0.25, 0.3) is 16.7 Å². The molecule has 0 aliphatic carbocycles. The Labute approximate surface area is 123 Å². The molecule has 2 unspecified atom stereocenters. The van der Waals surface area contributed by atoms with Crippen molar-refractivity contribution in [3.63, 3.8) is 0 Å². The largest absolute Gasteiger partial charge is 0.327 e. The summed E-state index contributed by atoms with van der Waals surface area (Å²) in [5.41, 5.74) is 8.90. The van der Waals surface area contributed by atoms with Crippen LogP contribution in [-0.2, 0) is 0 Å². The fourth-order valence-electron chi connectivity index (χ4n) is 2.73. The summed E-state index contributed by atoms with van der Waals surface area (Å²) < 4.78 is 1.84. The zero-order valence-corrected chi connectivity index (χ0v) is 12.3. The zero-order chi connectivity index (χ0) is 14.8. The second-order valence-electron chi connectivity index (χ2n) is 5.26. The molecule has 3 rings (SSSR count). The van der Waals surface area contributed by atoms with Crippen LogP contribution in [0.1, 0.15) is 31.9 Å². The van der Waals surface area contributed by atoms with E-state index in [9.17, 15) is 0 Å². The highest BCUT2D eigenvalue weighted by atomic mass is 15.3. The summed E-state index contributed by atoms with van der Waals surface area (Å²) in [5, 5.41) is 5.45. The highest BCUT2D eigenvalue weighted by molar-refractivity contribution is 5.79. The van der Waals surface area contributed by atoms with Gasteiger partial charge in [0.15, 0.2) is 5.65 Å². The number of rotatable bonds is 4. The third-order valence-corrected chi connectivity index (χ3v) is 3.82. The molecule has 0 aliphatic heterocycles. The normalized spacial score (nSPS) is 14.2. The number of nitrogens with zero attached hydrogens (tertiary/aromatic N) is 4. The highest BCUT2D eigenvalue weighted by Crippen LogP contribution is 2.27. The van der Waals surface area contributed by atoms with Crippen LogP contribution in [0.2, 0.25) is 0 Å². The van der Waals surface area contributed by atoms with Gasteiger partial charge in [0.1, 0.15) is 6.33 Å². The maximum atomic E-state index is 6.10. The topological polar surface area (TPSA) is 69.6 Å². The van der Waals surface area contributed by atoms with Crippen LogP contribution < -0.4 is 5.73 Å². The first-order valence-corrected chi connectivity index (χ1v) is 7.22. The van der Waals surface area contributed by atoms with E-state index in [1.807, 2.05) is 48.1 Å². The van der Waals surface area contributed by atoms with Crippen LogP contribution in [0.3, 0.4) is 0 Å². The van der Waals surface area contributed by atoms with Crippen molar-refractivity contribution in [2.75, 3.05) is 0 Å². The maximum Gasteiger partial charge on any atom is 0.166 e. The summed E-state index contributed by atoms with van der Waals surface area (Å²) in [4.78, 5) is 8.86. The molecule has 5 heteroatoms. The van der Waals surface area contributed by atoms with Crippen LogP contribution >= 0.6 is 0 Å². The predicted molar refractivity (Wildman–Crippen MR) is 83.3 cm³/mol. The van der Waals surface area contributed by atoms with E-state index >= 15 is 0 Å². The van der Waals surface area contributed by atoms with E-state index in [1.165, 1.54) is 0 Å². The van der Waals surface area contributed by atoms with E-state index < -0.39 is 0 Å². The summed E-state index contributed by atoms with van der Waals surface area (Å²) in [5.74, 6) is 0.212. The minimum Gasteiger partial charge on any atom is -0.327 e. The van der Waals surface area contributed by atoms with Crippen molar-refractivity contribution < 1.29 is 0 Å². The molecule has 0 fully saturated rings. The molecule has 21 heavy (non-hydrogen) atoms. The summed E-state index contributed by atoms with van der Waals surface area (Å²) in [6.07, 6.45) is 4.38. The van der Waals surface area contributed by atoms with Gasteiger partial charge in [-0.1, -0.05) is 25.1 Å². The minimum atomic E-state index is 0.0492. The van der Waals surface area contributed by atoms with E-state index in [-0.39, 0.29) is 12.0 Å². The average molecular weight is 281 g/mol. The molecular formula is C16H19N5. The lowest BCUT2D eigenvalue weighted by Gasteiger charge is -2.18. The third-order valence-electron chi connectivity index (χ3n) is 3.82. The van der Waals surface area contributed by atoms with Gasteiger partial charge in [-0.2, -0.15) is 5.10 Å². The Morgan fingerprint density at radius 1 is 1.19 bits per heavy atom. The Hall–Kier alpha value is -2.27. The van der Waals surface area contributed by atoms with Gasteiger partial charge in [-0.25, -0.2) is 14.6 Å². The lowest BCUT2D eigenvalue weighted by Crippen LogP contribution is -2.25. The Morgan fingerprint density at radius 3 is 2.62 bits per heavy atom. The molecule has 0 bridgehead atoms. The molecule has 5 nitrogen and oxygen atoms in total. The lowest BCUT2D eigenvalue weighted by molar-refractivity contribution is 0.543. The molecule has 1 aromatic carbocycles. The Balaban J connectivity index is 2.17. The van der Waals surface area contributed by atoms with Crippen LogP contribution in [0.5, 0.6) is 0 Å². The summed E-state index contributed by atoms with van der Waals surface area (Å²) in [6, 6.07) is 10.0. The SMILES string of the molecule is CCC(c1ncnc2c1cnn2-c1ccccc1)C(C)N. The zero-order valence-electron chi connectivity index (χ0n) is 12.3. The standard InChI is InChI=1S/C16H19N5/c1-3-13(11(2)17)15-14-9-20-21(16(14)19-10-18-15)12-7-5-4-6-8-12/h4-11,13H,3,17H2,1-2H3. The van der Waals surface area contributed by atoms with Gasteiger partial charge in [-0.3, -0.25) is 0 Å². The molecule has 3 aromatic rings. The van der Waals surface area contributed by atoms with Crippen molar-refractivity contribution in [1.82, 2.24) is 19.7 Å². The van der Waals surface area contributed by atoms with Gasteiger partial charge in [-0.15, -0.1) is 0 Å². The first-order valence-electron chi connectivity index (χ1n) is 7.22. The van der Waals surface area contributed by atoms with Gasteiger partial charge in [-0.05, 0) is 25.5 Å². The summed E-state index contributed by atoms with van der Waals surface area (Å²) in [7, 11) is 0. The first-order chi connectivity index (χ1) is 10.2. The average Bonchev–Trinajstić information content (AvgIpc) is 2.93. The number of hydrogen-bond acceptors (Lipinski definition) is 4. The van der Waals surface area contributed by atoms with Crippen molar-refractivity contribution in [3.05, 3.63) is 48.5 Å². The predicted octanol–water partition coefficient (Wildman–Crippen LogP) is 2.66. The molecule has 0 aliphatic rings. The quantitative estimate of drug-likeness (QED) is 0.798. The van der Waals surface area contributed by atoms with E-state index in [0.717, 1.165) is 28.8 Å². The second kappa shape index (κ2) is 5.61. The molecule has 2 heterocycles. The maximum absolute atomic E-state index is 6.10. The smallest absolute Gasteiger partial charge is 0.166 e. The molecule has 2 atom stereocenters. The highest BCUT2D eigenvalue weighted by Gasteiger charge is 2.20. The molecule has 108 valence electrons. The van der Waals surface area contributed by atoms with Crippen molar-refractivity contribution in [2.45, 2.75) is 32.2 Å². The van der Waals surface area contributed by atoms with Gasteiger partial charge in [0.25, 0.3) is 0 Å². The van der Waals surface area contributed by atoms with Gasteiger partial charge < -0.3 is 5.73 Å². The lowest BCUT2D eigenvalue weighted by atomic mass is 9.93. The number of nitrogens with two attached hydrogens (primary N) is 1. The van der Waals surface area contributed by atoms with Gasteiger partial charge in [0.05, 0.1) is 23.0 Å². The van der Waals surface area contributed by atoms with E-state index in [0.29, 0.717) is 0 Å². The van der Waals surface area contributed by atoms with E-state index in [1.54, 1.807) is 6.33 Å². The molecule has 0 saturated heterocycles. The van der Waals surface area contributed by atoms with Gasteiger partial charge in [0, 0.05) is 12.0 Å². The summed E-state index contributed by atoms with van der Waals surface area (Å²) >= 11 is 0. The molecule has 0 saturated carbocycles. The van der Waals surface area contributed by atoms with E-state index in [4.69, 9.17) is 5.73 Å². The van der Waals surface area contributed by atoms with Gasteiger partial charge >= 0.3 is 0 Å². The Kier molecular flexibility index (Phi) is 3.66. The number of fused-ring (bicyclic) bond motifs is 1. The Bertz CT molecular complexity index is 733. The molecule has 2 aromatic heterocycles. The molecular weight excluding hydrogens is 262 g/mol. The fraction of sp³-hybridized carbons (Fsp3) is 0.312. The molecule has 2 N–H and O–H groups in total. The third kappa shape index (κ3) is 2.40. The van der Waals surface area contributed by atoms with Crippen LogP contribution in [-0.4, -0.2) is 25.8 Å². The van der Waals surface area contributed by atoms with Crippen molar-refractivity contribution in [3.8, 4) is 5.69 Å². The molecule has 0 amide bonds. The van der Waals surface area contributed by atoms with Gasteiger partial charge in [0.2, 0.25) is 0 Å². The van der Waals surface area contributed by atoms with Crippen molar-refractivity contribution in [1.29, 1.82) is 0 Å². The van der Waals surface area contributed by atoms with Crippen LogP contribution in [0.4, 0.5) is 0 Å². The number of aromatic nitrogens is 4. The fourth-order valence-corrected chi connectivity index (χ4v) is 2.73. The Morgan fingerprint density at radius 2 is 1.95 bits per heavy atom. The second-order valence-corrected chi connectivity index (χ2v) is 5.26. The van der Waals surface area contributed by atoms with Crippen LogP contribution in [0.15, 0.2) is 42.9 Å². The summed E-state index contributed by atoms with van der Waals surface area (Å²) in [6.45, 7) is 4.15. The minimum absolute atomic E-state index is 0.0492. The monoisotopic (exact) mass is 281 g/mol. The molecule has 0 radical (unpaired) electrons. The number of para-hydroxylation sites is 1. The number of hydrogen-bond donors (Lipinski definition) is 1. The first kappa shape index (κ1) is 13.7. The molecule has 0 spiro atoms. The number of benzene rings is 1. The van der Waals surface area contributed by atoms with Crippen molar-refractivity contribution in [2.24, 2.45) is 5.73 Å². The van der Waals surface area contributed by atoms with E-state index in [2.05, 4.69) is 22.0 Å².